The fraction of sp³-hybridized carbons (Fsp3) is 0.400. The number of carbonyl (C=O) groups excluding carboxylic acids is 1. The molecule has 10 heteroatoms. The number of nitrogens with two attached hydrogens (primary N) is 1. The van der Waals surface area contributed by atoms with Crippen LogP contribution < -0.4 is 20.5 Å². The number of aromatic nitrogens is 4. The fourth-order valence-corrected chi connectivity index (χ4v) is 4.12. The van der Waals surface area contributed by atoms with E-state index in [2.05, 4.69) is 20.3 Å². The van der Waals surface area contributed by atoms with E-state index in [4.69, 9.17) is 26.8 Å². The second kappa shape index (κ2) is 8.35. The van der Waals surface area contributed by atoms with Crippen molar-refractivity contribution in [1.82, 2.24) is 19.5 Å². The maximum atomic E-state index is 12.8. The van der Waals surface area contributed by atoms with E-state index in [0.717, 1.165) is 25.7 Å². The van der Waals surface area contributed by atoms with Gasteiger partial charge >= 0.3 is 0 Å². The number of hydrogen-bond donors (Lipinski definition) is 2. The quantitative estimate of drug-likeness (QED) is 0.595. The van der Waals surface area contributed by atoms with Crippen molar-refractivity contribution in [3.63, 3.8) is 0 Å². The molecule has 0 bridgehead atoms. The van der Waals surface area contributed by atoms with E-state index in [1.54, 1.807) is 38.7 Å². The molecule has 0 spiro atoms. The monoisotopic (exact) mass is 430 g/mol. The lowest BCUT2D eigenvalue weighted by Crippen LogP contribution is -2.28. The number of halogens is 1. The SMILES string of the molecule is COc1ccc(NC(=O)C2CCC(n3cnc4c(N)nc(Cl)nc43)CC2)cc1OC. The Morgan fingerprint density at radius 1 is 1.17 bits per heavy atom. The molecule has 3 aromatic rings. The Morgan fingerprint density at radius 2 is 1.90 bits per heavy atom. The standard InChI is InChI=1S/C20H23ClN6O3/c1-29-14-8-5-12(9-15(14)30-2)24-19(28)11-3-6-13(7-4-11)27-10-23-16-17(22)25-20(21)26-18(16)27/h5,8-11,13H,3-4,6-7H2,1-2H3,(H,24,28)(H2,22,25,26). The molecule has 1 fully saturated rings. The Hall–Kier alpha value is -3.07. The lowest BCUT2D eigenvalue weighted by Gasteiger charge is -2.28. The third-order valence-electron chi connectivity index (χ3n) is 5.53. The highest BCUT2D eigenvalue weighted by molar-refractivity contribution is 6.28. The van der Waals surface area contributed by atoms with Crippen LogP contribution in [0.3, 0.4) is 0 Å². The summed E-state index contributed by atoms with van der Waals surface area (Å²) in [6, 6.07) is 5.52. The molecule has 1 aliphatic carbocycles. The van der Waals surface area contributed by atoms with E-state index in [0.29, 0.717) is 28.4 Å². The van der Waals surface area contributed by atoms with Crippen LogP contribution in [0.2, 0.25) is 5.28 Å². The van der Waals surface area contributed by atoms with Crippen LogP contribution in [-0.2, 0) is 4.79 Å². The minimum absolute atomic E-state index is 0.00535. The van der Waals surface area contributed by atoms with Crippen molar-refractivity contribution in [3.05, 3.63) is 29.8 Å². The van der Waals surface area contributed by atoms with Crippen LogP contribution >= 0.6 is 11.6 Å². The largest absolute Gasteiger partial charge is 0.493 e. The zero-order valence-electron chi connectivity index (χ0n) is 16.8. The van der Waals surface area contributed by atoms with Crippen LogP contribution in [0.4, 0.5) is 11.5 Å². The average molecular weight is 431 g/mol. The summed E-state index contributed by atoms with van der Waals surface area (Å²) in [5.41, 5.74) is 7.75. The summed E-state index contributed by atoms with van der Waals surface area (Å²) in [4.78, 5) is 25.3. The molecule has 4 rings (SSSR count). The van der Waals surface area contributed by atoms with Crippen LogP contribution in [0, 0.1) is 5.92 Å². The highest BCUT2D eigenvalue weighted by Crippen LogP contribution is 2.35. The van der Waals surface area contributed by atoms with Gasteiger partial charge < -0.3 is 25.1 Å². The zero-order valence-corrected chi connectivity index (χ0v) is 17.5. The van der Waals surface area contributed by atoms with Crippen LogP contribution in [0.5, 0.6) is 11.5 Å². The van der Waals surface area contributed by atoms with Gasteiger partial charge in [0.2, 0.25) is 11.2 Å². The molecule has 1 aromatic carbocycles. The average Bonchev–Trinajstić information content (AvgIpc) is 3.17. The number of methoxy groups -OCH3 is 2. The van der Waals surface area contributed by atoms with Gasteiger partial charge in [-0.3, -0.25) is 4.79 Å². The van der Waals surface area contributed by atoms with Gasteiger partial charge in [0.15, 0.2) is 23.0 Å². The number of nitrogen functional groups attached to an aromatic ring is 1. The first kappa shape index (κ1) is 20.2. The molecule has 1 saturated carbocycles. The van der Waals surface area contributed by atoms with Gasteiger partial charge in [-0.1, -0.05) is 0 Å². The van der Waals surface area contributed by atoms with Gasteiger partial charge in [0.05, 0.1) is 20.5 Å². The fourth-order valence-electron chi connectivity index (χ4n) is 3.95. The van der Waals surface area contributed by atoms with Crippen molar-refractivity contribution in [2.75, 3.05) is 25.3 Å². The van der Waals surface area contributed by atoms with Crippen LogP contribution in [0.1, 0.15) is 31.7 Å². The second-order valence-electron chi connectivity index (χ2n) is 7.27. The number of nitrogens with one attached hydrogen (secondary N) is 1. The maximum absolute atomic E-state index is 12.8. The molecule has 0 radical (unpaired) electrons. The number of ether oxygens (including phenoxy) is 2. The topological polar surface area (TPSA) is 117 Å². The number of carbonyl (C=O) groups is 1. The Morgan fingerprint density at radius 3 is 2.60 bits per heavy atom. The Kier molecular flexibility index (Phi) is 5.63. The summed E-state index contributed by atoms with van der Waals surface area (Å²) < 4.78 is 12.5. The van der Waals surface area contributed by atoms with E-state index in [1.807, 2.05) is 4.57 Å². The number of benzene rings is 1. The highest BCUT2D eigenvalue weighted by atomic mass is 35.5. The summed E-state index contributed by atoms with van der Waals surface area (Å²) in [5, 5.41) is 3.09. The third-order valence-corrected chi connectivity index (χ3v) is 5.70. The second-order valence-corrected chi connectivity index (χ2v) is 7.60. The summed E-state index contributed by atoms with van der Waals surface area (Å²) >= 11 is 5.96. The number of imidazole rings is 1. The molecular weight excluding hydrogens is 408 g/mol. The number of hydrogen-bond acceptors (Lipinski definition) is 7. The molecular formula is C20H23ClN6O3. The summed E-state index contributed by atoms with van der Waals surface area (Å²) in [6.07, 6.45) is 4.91. The van der Waals surface area contributed by atoms with Crippen LogP contribution in [0.15, 0.2) is 24.5 Å². The molecule has 1 aliphatic rings. The molecule has 1 amide bonds. The van der Waals surface area contributed by atoms with E-state index in [9.17, 15) is 4.79 Å². The minimum atomic E-state index is -0.0626. The Labute approximate surface area is 178 Å². The minimum Gasteiger partial charge on any atom is -0.493 e. The van der Waals surface area contributed by atoms with E-state index in [1.165, 1.54) is 0 Å². The molecule has 30 heavy (non-hydrogen) atoms. The zero-order chi connectivity index (χ0) is 21.3. The smallest absolute Gasteiger partial charge is 0.227 e. The van der Waals surface area contributed by atoms with Gasteiger partial charge in [-0.05, 0) is 49.4 Å². The lowest BCUT2D eigenvalue weighted by atomic mass is 9.85. The predicted molar refractivity (Wildman–Crippen MR) is 114 cm³/mol. The highest BCUT2D eigenvalue weighted by Gasteiger charge is 2.28. The van der Waals surface area contributed by atoms with Gasteiger partial charge in [0, 0.05) is 23.7 Å². The third kappa shape index (κ3) is 3.85. The predicted octanol–water partition coefficient (Wildman–Crippen LogP) is 3.45. The first-order chi connectivity index (χ1) is 14.5. The van der Waals surface area contributed by atoms with E-state index >= 15 is 0 Å². The number of nitrogens with zero attached hydrogens (tertiary/aromatic N) is 4. The molecule has 0 atom stereocenters. The van der Waals surface area contributed by atoms with Gasteiger partial charge in [0.25, 0.3) is 0 Å². The maximum Gasteiger partial charge on any atom is 0.227 e. The number of anilines is 2. The van der Waals surface area contributed by atoms with Crippen molar-refractivity contribution in [3.8, 4) is 11.5 Å². The van der Waals surface area contributed by atoms with Crippen LogP contribution in [0.25, 0.3) is 11.2 Å². The molecule has 0 saturated heterocycles. The molecule has 3 N–H and O–H groups in total. The Balaban J connectivity index is 1.42. The summed E-state index contributed by atoms with van der Waals surface area (Å²) in [5.74, 6) is 1.41. The number of amides is 1. The molecule has 2 heterocycles. The first-order valence-electron chi connectivity index (χ1n) is 9.68. The molecule has 2 aromatic heterocycles. The molecule has 0 unspecified atom stereocenters. The number of rotatable bonds is 5. The molecule has 9 nitrogen and oxygen atoms in total. The lowest BCUT2D eigenvalue weighted by molar-refractivity contribution is -0.120. The van der Waals surface area contributed by atoms with Crippen molar-refractivity contribution in [2.24, 2.45) is 5.92 Å². The summed E-state index contributed by atoms with van der Waals surface area (Å²) in [7, 11) is 3.14. The molecule has 0 aliphatic heterocycles. The van der Waals surface area contributed by atoms with Crippen molar-refractivity contribution < 1.29 is 14.3 Å². The number of fused-ring (bicyclic) bond motifs is 1. The first-order valence-corrected chi connectivity index (χ1v) is 10.1. The van der Waals surface area contributed by atoms with E-state index in [-0.39, 0.29) is 29.0 Å². The molecule has 158 valence electrons. The van der Waals surface area contributed by atoms with Gasteiger partial charge in [-0.25, -0.2) is 4.98 Å². The van der Waals surface area contributed by atoms with Crippen molar-refractivity contribution in [2.45, 2.75) is 31.7 Å². The van der Waals surface area contributed by atoms with E-state index < -0.39 is 0 Å². The van der Waals surface area contributed by atoms with Gasteiger partial charge in [0.1, 0.15) is 5.52 Å². The summed E-state index contributed by atoms with van der Waals surface area (Å²) in [6.45, 7) is 0. The normalized spacial score (nSPS) is 18.9. The van der Waals surface area contributed by atoms with Gasteiger partial charge in [-0.2, -0.15) is 9.97 Å². The van der Waals surface area contributed by atoms with Crippen LogP contribution in [-0.4, -0.2) is 39.6 Å². The Bertz CT molecular complexity index is 1080. The van der Waals surface area contributed by atoms with Crippen molar-refractivity contribution >= 4 is 40.2 Å². The van der Waals surface area contributed by atoms with Gasteiger partial charge in [-0.15, -0.1) is 0 Å². The van der Waals surface area contributed by atoms with Crippen molar-refractivity contribution in [1.29, 1.82) is 0 Å².